The molecule has 268 valence electrons. The third kappa shape index (κ3) is 16.1. The Balaban J connectivity index is 1.20. The number of esters is 1. The molecule has 0 fully saturated rings. The largest absolute Gasteiger partial charge is 0.426 e. The zero-order chi connectivity index (χ0) is 34.2. The first-order valence-corrected chi connectivity index (χ1v) is 20.0. The predicted octanol–water partition coefficient (Wildman–Crippen LogP) is 8.57. The summed E-state index contributed by atoms with van der Waals surface area (Å²) in [5.41, 5.74) is 2.46. The van der Waals surface area contributed by atoms with Crippen molar-refractivity contribution in [2.45, 2.75) is 148 Å². The van der Waals surface area contributed by atoms with E-state index in [2.05, 4.69) is 53.0 Å². The summed E-state index contributed by atoms with van der Waals surface area (Å²) < 4.78 is 5.82. The molecule has 1 aromatic carbocycles. The molecule has 0 unspecified atom stereocenters. The highest BCUT2D eigenvalue weighted by atomic mass is 32.1. The van der Waals surface area contributed by atoms with Gasteiger partial charge in [-0.3, -0.25) is 19.3 Å². The minimum atomic E-state index is -0.288. The van der Waals surface area contributed by atoms with E-state index in [0.717, 1.165) is 83.8 Å². The fourth-order valence-electron chi connectivity index (χ4n) is 6.71. The number of carbonyl (C=O) groups is 3. The smallest absolute Gasteiger partial charge is 0.312 e. The highest BCUT2D eigenvalue weighted by molar-refractivity contribution is 7.09. The van der Waals surface area contributed by atoms with Crippen LogP contribution >= 0.6 is 11.3 Å². The topological polar surface area (TPSA) is 87.7 Å². The van der Waals surface area contributed by atoms with E-state index in [1.807, 2.05) is 23.5 Å². The summed E-state index contributed by atoms with van der Waals surface area (Å²) in [6, 6.07) is 11.0. The van der Waals surface area contributed by atoms with E-state index in [9.17, 15) is 14.4 Å². The molecule has 3 rings (SSSR count). The van der Waals surface area contributed by atoms with Gasteiger partial charge in [-0.15, -0.1) is 11.3 Å². The number of nitrogens with one attached hydrogen (secondary N) is 2. The third-order valence-electron chi connectivity index (χ3n) is 9.42. The molecule has 1 heterocycles. The lowest BCUT2D eigenvalue weighted by Crippen LogP contribution is -2.41. The standard InChI is InChI=1S/C40H63N3O4S/c1-3-27-41-38(44)21-14-12-10-8-6-5-7-9-11-13-15-22-39(45)42-28-25-40(46)47-37-20-16-18-33-32-34(23-24-36(33)37)43(29-4-2)30-26-35-19-17-31-48-35/h16-20,31,34H,3-15,21-30,32H2,1-2H3,(H,41,44)(H,42,45)/t34-/m1/s1. The lowest BCUT2D eigenvalue weighted by Gasteiger charge is -2.35. The molecule has 7 nitrogen and oxygen atoms in total. The van der Waals surface area contributed by atoms with Crippen LogP contribution in [-0.4, -0.2) is 54.9 Å². The quantitative estimate of drug-likeness (QED) is 0.0590. The van der Waals surface area contributed by atoms with Crippen molar-refractivity contribution in [1.82, 2.24) is 15.5 Å². The highest BCUT2D eigenvalue weighted by Crippen LogP contribution is 2.32. The fraction of sp³-hybridized carbons (Fsp3) is 0.675. The van der Waals surface area contributed by atoms with Crippen LogP contribution in [0.4, 0.5) is 0 Å². The average Bonchev–Trinajstić information content (AvgIpc) is 3.61. The first kappa shape index (κ1) is 39.7. The summed E-state index contributed by atoms with van der Waals surface area (Å²) >= 11 is 1.84. The highest BCUT2D eigenvalue weighted by Gasteiger charge is 2.26. The molecule has 1 aliphatic rings. The number of nitrogens with zero attached hydrogens (tertiary/aromatic N) is 1. The Hall–Kier alpha value is -2.71. The van der Waals surface area contributed by atoms with E-state index < -0.39 is 0 Å². The molecule has 2 N–H and O–H groups in total. The van der Waals surface area contributed by atoms with Crippen molar-refractivity contribution in [1.29, 1.82) is 0 Å². The molecule has 0 saturated heterocycles. The Kier molecular flexibility index (Phi) is 20.2. The van der Waals surface area contributed by atoms with Crippen LogP contribution in [0.25, 0.3) is 0 Å². The Morgan fingerprint density at radius 3 is 2.02 bits per heavy atom. The summed E-state index contributed by atoms with van der Waals surface area (Å²) in [5.74, 6) is 0.611. The van der Waals surface area contributed by atoms with Crippen molar-refractivity contribution in [2.24, 2.45) is 0 Å². The van der Waals surface area contributed by atoms with Crippen molar-refractivity contribution >= 4 is 29.1 Å². The van der Waals surface area contributed by atoms with Crippen LogP contribution in [-0.2, 0) is 33.6 Å². The number of amides is 2. The number of carbonyl (C=O) groups excluding carboxylic acids is 3. The Morgan fingerprint density at radius 2 is 1.42 bits per heavy atom. The number of fused-ring (bicyclic) bond motifs is 1. The molecule has 0 aliphatic heterocycles. The number of rotatable bonds is 26. The van der Waals surface area contributed by atoms with E-state index in [1.165, 1.54) is 60.9 Å². The van der Waals surface area contributed by atoms with Gasteiger partial charge < -0.3 is 15.4 Å². The average molecular weight is 682 g/mol. The molecule has 0 spiro atoms. The Morgan fingerprint density at radius 1 is 0.771 bits per heavy atom. The second kappa shape index (κ2) is 24.4. The molecule has 2 amide bonds. The molecule has 0 saturated carbocycles. The second-order valence-corrected chi connectivity index (χ2v) is 14.5. The molecular formula is C40H63N3O4S. The minimum absolute atomic E-state index is 0.0180. The number of unbranched alkanes of at least 4 members (excludes halogenated alkanes) is 10. The van der Waals surface area contributed by atoms with Crippen molar-refractivity contribution in [3.8, 4) is 5.75 Å². The van der Waals surface area contributed by atoms with Crippen LogP contribution in [0.5, 0.6) is 5.75 Å². The lowest BCUT2D eigenvalue weighted by atomic mass is 9.86. The van der Waals surface area contributed by atoms with E-state index >= 15 is 0 Å². The monoisotopic (exact) mass is 681 g/mol. The maximum absolute atomic E-state index is 12.7. The molecule has 48 heavy (non-hydrogen) atoms. The first-order valence-electron chi connectivity index (χ1n) is 19.1. The van der Waals surface area contributed by atoms with Crippen LogP contribution < -0.4 is 15.4 Å². The third-order valence-corrected chi connectivity index (χ3v) is 10.4. The molecule has 0 bridgehead atoms. The van der Waals surface area contributed by atoms with Crippen LogP contribution in [0.1, 0.15) is 139 Å². The summed E-state index contributed by atoms with van der Waals surface area (Å²) in [6.07, 6.45) is 20.4. The van der Waals surface area contributed by atoms with Crippen molar-refractivity contribution in [2.75, 3.05) is 26.2 Å². The molecule has 8 heteroatoms. The van der Waals surface area contributed by atoms with E-state index in [-0.39, 0.29) is 24.2 Å². The second-order valence-electron chi connectivity index (χ2n) is 13.5. The van der Waals surface area contributed by atoms with Crippen LogP contribution in [0.15, 0.2) is 35.7 Å². The molecule has 0 radical (unpaired) electrons. The van der Waals surface area contributed by atoms with Gasteiger partial charge in [-0.05, 0) is 86.6 Å². The van der Waals surface area contributed by atoms with Gasteiger partial charge in [0.2, 0.25) is 11.8 Å². The molecule has 1 aromatic heterocycles. The van der Waals surface area contributed by atoms with Gasteiger partial charge in [-0.1, -0.05) is 89.8 Å². The number of thiophene rings is 1. The van der Waals surface area contributed by atoms with E-state index in [0.29, 0.717) is 31.2 Å². The minimum Gasteiger partial charge on any atom is -0.426 e. The van der Waals surface area contributed by atoms with Crippen LogP contribution in [0.2, 0.25) is 0 Å². The van der Waals surface area contributed by atoms with Gasteiger partial charge in [0.25, 0.3) is 0 Å². The fourth-order valence-corrected chi connectivity index (χ4v) is 7.41. The number of ether oxygens (including phenoxy) is 1. The van der Waals surface area contributed by atoms with Gasteiger partial charge >= 0.3 is 5.97 Å². The number of hydrogen-bond donors (Lipinski definition) is 2. The zero-order valence-corrected chi connectivity index (χ0v) is 30.8. The predicted molar refractivity (Wildman–Crippen MR) is 199 cm³/mol. The van der Waals surface area contributed by atoms with Crippen molar-refractivity contribution in [3.05, 3.63) is 51.7 Å². The maximum Gasteiger partial charge on any atom is 0.312 e. The van der Waals surface area contributed by atoms with Gasteiger partial charge in [0.1, 0.15) is 5.75 Å². The van der Waals surface area contributed by atoms with Crippen molar-refractivity contribution in [3.63, 3.8) is 0 Å². The number of benzene rings is 1. The SMILES string of the molecule is CCCNC(=O)CCCCCCCCCCCCCC(=O)NCCC(=O)Oc1cccc2c1CC[C@@H](N(CCC)CCc1cccs1)C2. The molecule has 1 atom stereocenters. The Bertz CT molecular complexity index is 1190. The summed E-state index contributed by atoms with van der Waals surface area (Å²) in [4.78, 5) is 40.7. The van der Waals surface area contributed by atoms with Gasteiger partial charge in [-0.25, -0.2) is 0 Å². The van der Waals surface area contributed by atoms with Crippen molar-refractivity contribution < 1.29 is 19.1 Å². The van der Waals surface area contributed by atoms with Gasteiger partial charge in [-0.2, -0.15) is 0 Å². The van der Waals surface area contributed by atoms with Gasteiger partial charge in [0.05, 0.1) is 6.42 Å². The first-order chi connectivity index (χ1) is 23.5. The molecular weight excluding hydrogens is 619 g/mol. The Labute approximate surface area is 295 Å². The summed E-state index contributed by atoms with van der Waals surface area (Å²) in [6.45, 7) is 7.62. The molecule has 1 aliphatic carbocycles. The van der Waals surface area contributed by atoms with Crippen LogP contribution in [0, 0.1) is 0 Å². The van der Waals surface area contributed by atoms with E-state index in [1.54, 1.807) is 0 Å². The summed E-state index contributed by atoms with van der Waals surface area (Å²) in [7, 11) is 0. The van der Waals surface area contributed by atoms with Gasteiger partial charge in [0.15, 0.2) is 0 Å². The lowest BCUT2D eigenvalue weighted by molar-refractivity contribution is -0.134. The molecule has 2 aromatic rings. The summed E-state index contributed by atoms with van der Waals surface area (Å²) in [5, 5.41) is 8.00. The van der Waals surface area contributed by atoms with Gasteiger partial charge in [0, 0.05) is 43.4 Å². The van der Waals surface area contributed by atoms with E-state index in [4.69, 9.17) is 4.74 Å². The normalized spacial score (nSPS) is 14.1. The maximum atomic E-state index is 12.7. The van der Waals surface area contributed by atoms with Crippen LogP contribution in [0.3, 0.4) is 0 Å². The zero-order valence-electron chi connectivity index (χ0n) is 30.0. The number of hydrogen-bond acceptors (Lipinski definition) is 6.